The second kappa shape index (κ2) is 7.68. The molecule has 4 heteroatoms. The monoisotopic (exact) mass is 338 g/mol. The molecule has 1 heterocycles. The van der Waals surface area contributed by atoms with Crippen molar-refractivity contribution in [3.8, 4) is 0 Å². The van der Waals surface area contributed by atoms with E-state index in [1.807, 2.05) is 24.3 Å². The minimum Gasteiger partial charge on any atom is -0.352 e. The minimum atomic E-state index is -0.0574. The molecule has 1 aromatic heterocycles. The normalized spacial score (nSPS) is 23.2. The maximum atomic E-state index is 12.6. The maximum absolute atomic E-state index is 12.6. The van der Waals surface area contributed by atoms with Gasteiger partial charge in [0.2, 0.25) is 11.7 Å². The summed E-state index contributed by atoms with van der Waals surface area (Å²) in [5, 5.41) is 3.17. The standard InChI is InChI=1S/C21H26N2O2/c1-15-8-6-11-18(16(15)2)22-20(24)14-23-13-7-12-19(23)21(25)17-9-4-3-5-10-17/h3-5,7,9-10,12-13,15-16,18H,6,8,11,14H2,1-2H3,(H,22,24). The van der Waals surface area contributed by atoms with Gasteiger partial charge in [-0.1, -0.05) is 57.0 Å². The van der Waals surface area contributed by atoms with Gasteiger partial charge in [-0.3, -0.25) is 9.59 Å². The van der Waals surface area contributed by atoms with Crippen molar-refractivity contribution in [2.45, 2.75) is 45.7 Å². The summed E-state index contributed by atoms with van der Waals surface area (Å²) in [7, 11) is 0. The van der Waals surface area contributed by atoms with Crippen LogP contribution in [0, 0.1) is 11.8 Å². The molecule has 1 aliphatic carbocycles. The molecule has 25 heavy (non-hydrogen) atoms. The number of carbonyl (C=O) groups excluding carboxylic acids is 2. The van der Waals surface area contributed by atoms with Gasteiger partial charge in [-0.05, 0) is 30.4 Å². The summed E-state index contributed by atoms with van der Waals surface area (Å²) in [6.07, 6.45) is 5.24. The molecule has 1 N–H and O–H groups in total. The van der Waals surface area contributed by atoms with Crippen LogP contribution in [0.25, 0.3) is 0 Å². The third-order valence-corrected chi connectivity index (χ3v) is 5.47. The van der Waals surface area contributed by atoms with E-state index in [1.54, 1.807) is 29.0 Å². The highest BCUT2D eigenvalue weighted by atomic mass is 16.2. The van der Waals surface area contributed by atoms with Crippen molar-refractivity contribution in [3.63, 3.8) is 0 Å². The lowest BCUT2D eigenvalue weighted by molar-refractivity contribution is -0.123. The third kappa shape index (κ3) is 4.01. The number of nitrogens with one attached hydrogen (secondary N) is 1. The van der Waals surface area contributed by atoms with Crippen LogP contribution in [0.2, 0.25) is 0 Å². The van der Waals surface area contributed by atoms with Crippen LogP contribution in [0.15, 0.2) is 48.7 Å². The van der Waals surface area contributed by atoms with E-state index in [0.717, 1.165) is 12.8 Å². The van der Waals surface area contributed by atoms with Crippen molar-refractivity contribution in [3.05, 3.63) is 59.9 Å². The maximum Gasteiger partial charge on any atom is 0.240 e. The van der Waals surface area contributed by atoms with E-state index in [-0.39, 0.29) is 24.3 Å². The topological polar surface area (TPSA) is 51.1 Å². The van der Waals surface area contributed by atoms with Crippen LogP contribution >= 0.6 is 0 Å². The van der Waals surface area contributed by atoms with E-state index >= 15 is 0 Å². The molecule has 132 valence electrons. The number of rotatable bonds is 5. The molecule has 1 aromatic carbocycles. The lowest BCUT2D eigenvalue weighted by Gasteiger charge is -2.34. The number of hydrogen-bond donors (Lipinski definition) is 1. The Morgan fingerprint density at radius 2 is 1.84 bits per heavy atom. The molecule has 1 aliphatic rings. The Hall–Kier alpha value is -2.36. The van der Waals surface area contributed by atoms with Crippen LogP contribution in [0.4, 0.5) is 0 Å². The lowest BCUT2D eigenvalue weighted by Crippen LogP contribution is -2.44. The minimum absolute atomic E-state index is 0.0238. The van der Waals surface area contributed by atoms with Crippen LogP contribution in [-0.2, 0) is 11.3 Å². The average Bonchev–Trinajstić information content (AvgIpc) is 3.07. The fourth-order valence-electron chi connectivity index (χ4n) is 3.69. The van der Waals surface area contributed by atoms with E-state index < -0.39 is 0 Å². The SMILES string of the molecule is CC1CCCC(NC(=O)Cn2cccc2C(=O)c2ccccc2)C1C. The van der Waals surface area contributed by atoms with Crippen LogP contribution in [-0.4, -0.2) is 22.3 Å². The van der Waals surface area contributed by atoms with Crippen LogP contribution in [0.5, 0.6) is 0 Å². The molecule has 3 unspecified atom stereocenters. The Kier molecular flexibility index (Phi) is 5.37. The molecule has 1 amide bonds. The first-order valence-electron chi connectivity index (χ1n) is 9.10. The summed E-state index contributed by atoms with van der Waals surface area (Å²) < 4.78 is 1.74. The van der Waals surface area contributed by atoms with Gasteiger partial charge in [0.25, 0.3) is 0 Å². The molecule has 3 rings (SSSR count). The number of ketones is 1. The van der Waals surface area contributed by atoms with Crippen LogP contribution in [0.1, 0.15) is 49.2 Å². The first kappa shape index (κ1) is 17.5. The lowest BCUT2D eigenvalue weighted by atomic mass is 9.78. The number of hydrogen-bond acceptors (Lipinski definition) is 2. The molecule has 3 atom stereocenters. The quantitative estimate of drug-likeness (QED) is 0.846. The predicted molar refractivity (Wildman–Crippen MR) is 98.4 cm³/mol. The van der Waals surface area contributed by atoms with Crippen LogP contribution in [0.3, 0.4) is 0 Å². The number of amides is 1. The summed E-state index contributed by atoms with van der Waals surface area (Å²) in [6.45, 7) is 4.65. The summed E-state index contributed by atoms with van der Waals surface area (Å²) >= 11 is 0. The predicted octanol–water partition coefficient (Wildman–Crippen LogP) is 3.66. The molecule has 4 nitrogen and oxygen atoms in total. The Morgan fingerprint density at radius 3 is 2.60 bits per heavy atom. The number of carbonyl (C=O) groups is 2. The largest absolute Gasteiger partial charge is 0.352 e. The fraction of sp³-hybridized carbons (Fsp3) is 0.429. The first-order valence-corrected chi connectivity index (χ1v) is 9.10. The highest BCUT2D eigenvalue weighted by Crippen LogP contribution is 2.29. The fourth-order valence-corrected chi connectivity index (χ4v) is 3.69. The number of nitrogens with zero attached hydrogens (tertiary/aromatic N) is 1. The summed E-state index contributed by atoms with van der Waals surface area (Å²) in [6, 6.07) is 13.0. The van der Waals surface area contributed by atoms with E-state index in [1.165, 1.54) is 6.42 Å². The van der Waals surface area contributed by atoms with Crippen molar-refractivity contribution in [2.75, 3.05) is 0 Å². The zero-order chi connectivity index (χ0) is 17.8. The van der Waals surface area contributed by atoms with Gasteiger partial charge in [0.1, 0.15) is 6.54 Å². The van der Waals surface area contributed by atoms with E-state index in [9.17, 15) is 9.59 Å². The number of aromatic nitrogens is 1. The van der Waals surface area contributed by atoms with Crippen molar-refractivity contribution in [1.29, 1.82) is 0 Å². The van der Waals surface area contributed by atoms with Gasteiger partial charge in [-0.25, -0.2) is 0 Å². The van der Waals surface area contributed by atoms with Crippen molar-refractivity contribution in [1.82, 2.24) is 9.88 Å². The molecular weight excluding hydrogens is 312 g/mol. The zero-order valence-electron chi connectivity index (χ0n) is 14.9. The van der Waals surface area contributed by atoms with Crippen molar-refractivity contribution < 1.29 is 9.59 Å². The highest BCUT2D eigenvalue weighted by Gasteiger charge is 2.28. The van der Waals surface area contributed by atoms with Crippen molar-refractivity contribution >= 4 is 11.7 Å². The van der Waals surface area contributed by atoms with E-state index in [4.69, 9.17) is 0 Å². The van der Waals surface area contributed by atoms with E-state index in [2.05, 4.69) is 19.2 Å². The molecule has 1 fully saturated rings. The number of benzene rings is 1. The average molecular weight is 338 g/mol. The Morgan fingerprint density at radius 1 is 1.08 bits per heavy atom. The Balaban J connectivity index is 1.67. The summed E-state index contributed by atoms with van der Waals surface area (Å²) in [5.41, 5.74) is 1.18. The van der Waals surface area contributed by atoms with Crippen LogP contribution < -0.4 is 5.32 Å². The molecule has 0 saturated heterocycles. The Bertz CT molecular complexity index is 735. The molecule has 0 radical (unpaired) electrons. The van der Waals surface area contributed by atoms with Gasteiger partial charge in [0, 0.05) is 17.8 Å². The third-order valence-electron chi connectivity index (χ3n) is 5.47. The van der Waals surface area contributed by atoms with Gasteiger partial charge < -0.3 is 9.88 Å². The van der Waals surface area contributed by atoms with Gasteiger partial charge >= 0.3 is 0 Å². The summed E-state index contributed by atoms with van der Waals surface area (Å²) in [4.78, 5) is 25.1. The molecular formula is C21H26N2O2. The smallest absolute Gasteiger partial charge is 0.240 e. The zero-order valence-corrected chi connectivity index (χ0v) is 14.9. The molecule has 0 bridgehead atoms. The highest BCUT2D eigenvalue weighted by molar-refractivity contribution is 6.08. The van der Waals surface area contributed by atoms with E-state index in [0.29, 0.717) is 23.1 Å². The molecule has 0 aliphatic heterocycles. The van der Waals surface area contributed by atoms with Gasteiger partial charge in [0.05, 0.1) is 5.69 Å². The second-order valence-electron chi connectivity index (χ2n) is 7.16. The molecule has 2 aromatic rings. The first-order chi connectivity index (χ1) is 12.1. The van der Waals surface area contributed by atoms with Gasteiger partial charge in [-0.2, -0.15) is 0 Å². The molecule has 0 spiro atoms. The van der Waals surface area contributed by atoms with Crippen molar-refractivity contribution in [2.24, 2.45) is 11.8 Å². The summed E-state index contributed by atoms with van der Waals surface area (Å²) in [5.74, 6) is 1.05. The second-order valence-corrected chi connectivity index (χ2v) is 7.16. The van der Waals surface area contributed by atoms with Gasteiger partial charge in [0.15, 0.2) is 0 Å². The molecule has 1 saturated carbocycles. The Labute approximate surface area is 149 Å². The van der Waals surface area contributed by atoms with Gasteiger partial charge in [-0.15, -0.1) is 0 Å².